The number of H-pyrrole nitrogens is 1. The molecule has 5 aromatic rings. The van der Waals surface area contributed by atoms with Crippen molar-refractivity contribution in [1.29, 1.82) is 0 Å². The molecule has 2 aromatic carbocycles. The van der Waals surface area contributed by atoms with Gasteiger partial charge in [-0.1, -0.05) is 63.9 Å². The van der Waals surface area contributed by atoms with Gasteiger partial charge in [0.2, 0.25) is 17.7 Å². The standard InChI is InChI=1S/C45H55N9O6S/c1-28-40(61-27-48-28)30-16-14-29(15-17-30)25-47-43(58)37-24-32(55)26-54(37)44(59)41(45(2,3)4)52-39(56)13-8-6-7-9-21-46-31-18-19-35(38(23-31)60-5)51-42(57)36-12-10-11-33(50-36)34-20-22-49-53-34/h10-12,14-20,22-23,27,32,37,41,46,55H,6-9,13,21,24-26H2,1-5H3,(H,47,58)(H,49,53)(H,51,57)(H,52,56)/t32-,37+,41-/m1/s1. The van der Waals surface area contributed by atoms with Crippen molar-refractivity contribution in [1.82, 2.24) is 35.7 Å². The first-order valence-electron chi connectivity index (χ1n) is 20.6. The number of β-amino-alcohol motifs (C(OH)–C–C–N with tert-alkyl or cyclic N) is 1. The number of hydrogen-bond acceptors (Lipinski definition) is 11. The van der Waals surface area contributed by atoms with Crippen LogP contribution in [-0.2, 0) is 20.9 Å². The number of carbonyl (C=O) groups is 4. The van der Waals surface area contributed by atoms with Crippen LogP contribution in [0.25, 0.3) is 21.8 Å². The van der Waals surface area contributed by atoms with Gasteiger partial charge in [-0.2, -0.15) is 5.10 Å². The number of carbonyl (C=O) groups excluding carboxylic acids is 4. The van der Waals surface area contributed by atoms with Crippen LogP contribution in [0.5, 0.6) is 5.75 Å². The van der Waals surface area contributed by atoms with Crippen LogP contribution in [0.2, 0.25) is 0 Å². The number of hydrogen-bond donors (Lipinski definition) is 6. The summed E-state index contributed by atoms with van der Waals surface area (Å²) in [6.45, 7) is 8.59. The quantitative estimate of drug-likeness (QED) is 0.0541. The Kier molecular flexibility index (Phi) is 14.9. The third kappa shape index (κ3) is 11.8. The van der Waals surface area contributed by atoms with Crippen molar-refractivity contribution in [2.45, 2.75) is 91.0 Å². The normalized spacial score (nSPS) is 15.5. The maximum Gasteiger partial charge on any atom is 0.274 e. The zero-order chi connectivity index (χ0) is 43.5. The van der Waals surface area contributed by atoms with Crippen molar-refractivity contribution in [2.75, 3.05) is 30.8 Å². The number of likely N-dealkylation sites (tertiary alicyclic amines) is 1. The molecule has 1 aliphatic heterocycles. The molecule has 3 aromatic heterocycles. The maximum absolute atomic E-state index is 14.0. The highest BCUT2D eigenvalue weighted by Gasteiger charge is 2.44. The predicted octanol–water partition coefficient (Wildman–Crippen LogP) is 6.34. The highest BCUT2D eigenvalue weighted by atomic mass is 32.1. The van der Waals surface area contributed by atoms with Gasteiger partial charge in [0, 0.05) is 50.4 Å². The monoisotopic (exact) mass is 849 g/mol. The van der Waals surface area contributed by atoms with Crippen LogP contribution in [0, 0.1) is 12.3 Å². The van der Waals surface area contributed by atoms with Gasteiger partial charge in [-0.3, -0.25) is 24.3 Å². The van der Waals surface area contributed by atoms with Crippen LogP contribution < -0.4 is 26.0 Å². The van der Waals surface area contributed by atoms with Crippen LogP contribution in [-0.4, -0.2) is 92.2 Å². The average Bonchev–Trinajstić information content (AvgIpc) is 4.04. The number of nitrogens with one attached hydrogen (secondary N) is 5. The molecule has 0 bridgehead atoms. The van der Waals surface area contributed by atoms with E-state index < -0.39 is 23.6 Å². The number of anilines is 2. The highest BCUT2D eigenvalue weighted by molar-refractivity contribution is 7.13. The van der Waals surface area contributed by atoms with E-state index in [1.165, 1.54) is 4.90 Å². The molecule has 0 aliphatic carbocycles. The second-order valence-corrected chi connectivity index (χ2v) is 17.1. The molecule has 3 atom stereocenters. The summed E-state index contributed by atoms with van der Waals surface area (Å²) < 4.78 is 5.56. The number of ether oxygens (including phenoxy) is 1. The van der Waals surface area contributed by atoms with Gasteiger partial charge in [0.1, 0.15) is 23.5 Å². The number of unbranched alkanes of at least 4 members (excludes halogenated alkanes) is 3. The van der Waals surface area contributed by atoms with Crippen LogP contribution in [0.1, 0.15) is 81.0 Å². The van der Waals surface area contributed by atoms with E-state index in [1.54, 1.807) is 55.0 Å². The van der Waals surface area contributed by atoms with Gasteiger partial charge in [-0.05, 0) is 66.6 Å². The van der Waals surface area contributed by atoms with Gasteiger partial charge < -0.3 is 36.0 Å². The van der Waals surface area contributed by atoms with Crippen molar-refractivity contribution in [2.24, 2.45) is 5.41 Å². The Labute approximate surface area is 360 Å². The van der Waals surface area contributed by atoms with Crippen molar-refractivity contribution in [3.8, 4) is 27.6 Å². The Morgan fingerprint density at radius 3 is 2.51 bits per heavy atom. The second kappa shape index (κ2) is 20.4. The number of aromatic amines is 1. The van der Waals surface area contributed by atoms with Crippen molar-refractivity contribution >= 4 is 46.3 Å². The zero-order valence-electron chi connectivity index (χ0n) is 35.3. The first-order chi connectivity index (χ1) is 29.3. The minimum atomic E-state index is -0.875. The Bertz CT molecular complexity index is 2270. The maximum atomic E-state index is 14.0. The molecule has 1 aliphatic rings. The van der Waals surface area contributed by atoms with E-state index >= 15 is 0 Å². The number of pyridine rings is 1. The predicted molar refractivity (Wildman–Crippen MR) is 236 cm³/mol. The number of nitrogens with zero attached hydrogens (tertiary/aromatic N) is 4. The molecule has 4 heterocycles. The number of aliphatic hydroxyl groups excluding tert-OH is 1. The number of aryl methyl sites for hydroxylation is 1. The van der Waals surface area contributed by atoms with E-state index in [0.29, 0.717) is 35.8 Å². The number of aliphatic hydroxyl groups is 1. The summed E-state index contributed by atoms with van der Waals surface area (Å²) in [4.78, 5) is 64.9. The lowest BCUT2D eigenvalue weighted by Crippen LogP contribution is -2.57. The number of amides is 4. The molecule has 0 spiro atoms. The Hall–Kier alpha value is -6.13. The second-order valence-electron chi connectivity index (χ2n) is 16.3. The first kappa shape index (κ1) is 44.4. The molecule has 4 amide bonds. The Morgan fingerprint density at radius 1 is 1.02 bits per heavy atom. The van der Waals surface area contributed by atoms with Crippen molar-refractivity contribution in [3.05, 3.63) is 95.4 Å². The minimum absolute atomic E-state index is 0.0181. The summed E-state index contributed by atoms with van der Waals surface area (Å²) in [6.07, 6.45) is 4.38. The minimum Gasteiger partial charge on any atom is -0.494 e. The number of methoxy groups -OCH3 is 1. The van der Waals surface area contributed by atoms with E-state index in [9.17, 15) is 24.3 Å². The summed E-state index contributed by atoms with van der Waals surface area (Å²) in [5, 5.41) is 29.5. The SMILES string of the molecule is COc1cc(NCCCCCCC(=O)N[C@H](C(=O)N2C[C@H](O)C[C@H]2C(=O)NCc2ccc(-c3scnc3C)cc2)C(C)(C)C)ccc1NC(=O)c1cccc(-c2ccn[nH]2)n1. The van der Waals surface area contributed by atoms with Crippen LogP contribution in [0.15, 0.2) is 78.4 Å². The van der Waals surface area contributed by atoms with E-state index in [-0.39, 0.29) is 55.3 Å². The first-order valence-corrected chi connectivity index (χ1v) is 21.4. The van der Waals surface area contributed by atoms with E-state index in [0.717, 1.165) is 46.6 Å². The van der Waals surface area contributed by atoms with Gasteiger partial charge in [0.05, 0.1) is 46.4 Å². The summed E-state index contributed by atoms with van der Waals surface area (Å²) in [5.74, 6) is -0.826. The molecule has 0 radical (unpaired) electrons. The molecule has 0 saturated carbocycles. The number of aromatic nitrogens is 4. The molecule has 1 saturated heterocycles. The fourth-order valence-electron chi connectivity index (χ4n) is 7.21. The van der Waals surface area contributed by atoms with Crippen LogP contribution in [0.4, 0.5) is 11.4 Å². The fourth-order valence-corrected chi connectivity index (χ4v) is 8.02. The van der Waals surface area contributed by atoms with Crippen LogP contribution in [0.3, 0.4) is 0 Å². The number of thiazole rings is 1. The van der Waals surface area contributed by atoms with Gasteiger partial charge >= 0.3 is 0 Å². The van der Waals surface area contributed by atoms with E-state index in [4.69, 9.17) is 4.74 Å². The largest absolute Gasteiger partial charge is 0.494 e. The van der Waals surface area contributed by atoms with E-state index in [1.807, 2.05) is 69.6 Å². The van der Waals surface area contributed by atoms with Gasteiger partial charge in [0.15, 0.2) is 0 Å². The lowest BCUT2D eigenvalue weighted by atomic mass is 9.85. The number of benzene rings is 2. The number of rotatable bonds is 18. The molecule has 6 N–H and O–H groups in total. The van der Waals surface area contributed by atoms with E-state index in [2.05, 4.69) is 41.4 Å². The molecule has 0 unspecified atom stereocenters. The third-order valence-corrected chi connectivity index (χ3v) is 11.6. The van der Waals surface area contributed by atoms with Gasteiger partial charge in [-0.15, -0.1) is 11.3 Å². The third-order valence-electron chi connectivity index (χ3n) is 10.6. The molecular weight excluding hydrogens is 795 g/mol. The molecule has 6 rings (SSSR count). The average molecular weight is 850 g/mol. The summed E-state index contributed by atoms with van der Waals surface area (Å²) in [6, 6.07) is 18.6. The highest BCUT2D eigenvalue weighted by Crippen LogP contribution is 2.30. The summed E-state index contributed by atoms with van der Waals surface area (Å²) >= 11 is 1.58. The molecule has 61 heavy (non-hydrogen) atoms. The lowest BCUT2D eigenvalue weighted by Gasteiger charge is -2.35. The molecular formula is C45H55N9O6S. The molecule has 15 nitrogen and oxygen atoms in total. The Morgan fingerprint density at radius 2 is 1.80 bits per heavy atom. The van der Waals surface area contributed by atoms with Crippen molar-refractivity contribution in [3.63, 3.8) is 0 Å². The lowest BCUT2D eigenvalue weighted by molar-refractivity contribution is -0.144. The summed E-state index contributed by atoms with van der Waals surface area (Å²) in [7, 11) is 1.54. The zero-order valence-corrected chi connectivity index (χ0v) is 36.1. The smallest absolute Gasteiger partial charge is 0.274 e. The topological polar surface area (TPSA) is 204 Å². The molecule has 322 valence electrons. The van der Waals surface area contributed by atoms with Gasteiger partial charge in [0.25, 0.3) is 5.91 Å². The fraction of sp³-hybridized carbons (Fsp3) is 0.400. The molecule has 1 fully saturated rings. The summed E-state index contributed by atoms with van der Waals surface area (Å²) in [5.41, 5.74) is 7.04. The van der Waals surface area contributed by atoms with Crippen molar-refractivity contribution < 1.29 is 29.0 Å². The van der Waals surface area contributed by atoms with Crippen LogP contribution >= 0.6 is 11.3 Å². The van der Waals surface area contributed by atoms with Gasteiger partial charge in [-0.25, -0.2) is 9.97 Å². The molecule has 16 heteroatoms. The Balaban J connectivity index is 0.919.